The van der Waals surface area contributed by atoms with E-state index in [1.807, 2.05) is 0 Å². The number of aromatic nitrogens is 3. The maximum absolute atomic E-state index is 5.51. The van der Waals surface area contributed by atoms with Crippen LogP contribution in [-0.2, 0) is 0 Å². The minimum Gasteiger partial charge on any atom is -0.306 e. The predicted octanol–water partition coefficient (Wildman–Crippen LogP) is 15.2. The highest BCUT2D eigenvalue weighted by Crippen LogP contribution is 2.40. The Labute approximate surface area is 355 Å². The van der Waals surface area contributed by atoms with Crippen LogP contribution in [0.5, 0.6) is 0 Å². The minimum absolute atomic E-state index is 0.686. The van der Waals surface area contributed by atoms with Crippen LogP contribution in [0.4, 0.5) is 0 Å². The smallest absolute Gasteiger partial charge is 0.160 e. The van der Waals surface area contributed by atoms with E-state index in [4.69, 9.17) is 9.97 Å². The normalized spacial score (nSPS) is 11.3. The molecule has 0 aliphatic carbocycles. The standard InChI is InChI=1S/C58H39N3/c1-4-15-40(16-5-1)42-29-33-44(34-30-42)46-19-12-21-48(37-46)49-22-14-24-51(39-49)58-59-55(57-56(60-58)53-27-10-11-28-54(53)61(57)52-25-8-3-9-26-52)50-23-13-20-47(38-50)45-35-31-43(32-36-45)41-17-6-2-7-18-41/h1-39H. The summed E-state index contributed by atoms with van der Waals surface area (Å²) in [7, 11) is 0. The van der Waals surface area contributed by atoms with Gasteiger partial charge in [0.05, 0.1) is 16.7 Å². The number of para-hydroxylation sites is 2. The molecular weight excluding hydrogens is 739 g/mol. The number of hydrogen-bond donors (Lipinski definition) is 0. The molecule has 11 rings (SSSR count). The largest absolute Gasteiger partial charge is 0.306 e. The van der Waals surface area contributed by atoms with E-state index in [1.165, 1.54) is 33.4 Å². The molecule has 3 nitrogen and oxygen atoms in total. The van der Waals surface area contributed by atoms with Gasteiger partial charge in [0.2, 0.25) is 0 Å². The van der Waals surface area contributed by atoms with Crippen molar-refractivity contribution in [3.63, 3.8) is 0 Å². The Morgan fingerprint density at radius 3 is 1.21 bits per heavy atom. The van der Waals surface area contributed by atoms with Gasteiger partial charge in [-0.15, -0.1) is 0 Å². The fourth-order valence-electron chi connectivity index (χ4n) is 8.55. The lowest BCUT2D eigenvalue weighted by Gasteiger charge is -2.14. The van der Waals surface area contributed by atoms with Crippen LogP contribution in [0.3, 0.4) is 0 Å². The zero-order valence-electron chi connectivity index (χ0n) is 33.4. The van der Waals surface area contributed by atoms with E-state index in [-0.39, 0.29) is 0 Å². The average molecular weight is 778 g/mol. The van der Waals surface area contributed by atoms with Crippen LogP contribution < -0.4 is 0 Å². The molecule has 0 fully saturated rings. The quantitative estimate of drug-likeness (QED) is 0.154. The Hall–Kier alpha value is -8.14. The molecule has 61 heavy (non-hydrogen) atoms. The van der Waals surface area contributed by atoms with E-state index in [0.717, 1.165) is 66.7 Å². The molecular formula is C58H39N3. The summed E-state index contributed by atoms with van der Waals surface area (Å²) in [6.07, 6.45) is 0. The van der Waals surface area contributed by atoms with E-state index in [2.05, 4.69) is 241 Å². The van der Waals surface area contributed by atoms with Gasteiger partial charge in [-0.1, -0.05) is 200 Å². The lowest BCUT2D eigenvalue weighted by molar-refractivity contribution is 1.15. The number of benzene rings is 9. The molecule has 0 aliphatic heterocycles. The Kier molecular flexibility index (Phi) is 9.18. The zero-order valence-corrected chi connectivity index (χ0v) is 33.4. The van der Waals surface area contributed by atoms with Crippen molar-refractivity contribution in [3.05, 3.63) is 237 Å². The number of fused-ring (bicyclic) bond motifs is 3. The fraction of sp³-hybridized carbons (Fsp3) is 0. The van der Waals surface area contributed by atoms with Gasteiger partial charge in [-0.25, -0.2) is 9.97 Å². The second kappa shape index (κ2) is 15.6. The van der Waals surface area contributed by atoms with Crippen molar-refractivity contribution in [1.29, 1.82) is 0 Å². The molecule has 0 bridgehead atoms. The molecule has 2 aromatic heterocycles. The van der Waals surface area contributed by atoms with Crippen LogP contribution in [0.25, 0.3) is 106 Å². The molecule has 0 aliphatic rings. The van der Waals surface area contributed by atoms with E-state index >= 15 is 0 Å². The lowest BCUT2D eigenvalue weighted by Crippen LogP contribution is -2.00. The summed E-state index contributed by atoms with van der Waals surface area (Å²) in [4.78, 5) is 10.9. The molecule has 0 saturated heterocycles. The van der Waals surface area contributed by atoms with Gasteiger partial charge in [0.1, 0.15) is 5.52 Å². The van der Waals surface area contributed by atoms with Crippen LogP contribution >= 0.6 is 0 Å². The molecule has 0 atom stereocenters. The molecule has 11 aromatic rings. The van der Waals surface area contributed by atoms with Crippen LogP contribution in [0.2, 0.25) is 0 Å². The van der Waals surface area contributed by atoms with E-state index in [1.54, 1.807) is 0 Å². The Bertz CT molecular complexity index is 3310. The first-order valence-corrected chi connectivity index (χ1v) is 20.7. The van der Waals surface area contributed by atoms with Crippen molar-refractivity contribution in [2.75, 3.05) is 0 Å². The highest BCUT2D eigenvalue weighted by molar-refractivity contribution is 6.11. The summed E-state index contributed by atoms with van der Waals surface area (Å²) in [6.45, 7) is 0. The third-order valence-corrected chi connectivity index (χ3v) is 11.6. The van der Waals surface area contributed by atoms with E-state index in [9.17, 15) is 0 Å². The molecule has 0 unspecified atom stereocenters. The van der Waals surface area contributed by atoms with Crippen molar-refractivity contribution in [2.45, 2.75) is 0 Å². The molecule has 0 saturated carbocycles. The summed E-state index contributed by atoms with van der Waals surface area (Å²) in [5, 5.41) is 1.08. The Morgan fingerprint density at radius 2 is 0.656 bits per heavy atom. The summed E-state index contributed by atoms with van der Waals surface area (Å²) in [5.41, 5.74) is 18.6. The second-order valence-electron chi connectivity index (χ2n) is 15.4. The molecule has 0 amide bonds. The van der Waals surface area contributed by atoms with Gasteiger partial charge in [-0.2, -0.15) is 0 Å². The highest BCUT2D eigenvalue weighted by atomic mass is 15.0. The van der Waals surface area contributed by atoms with Crippen LogP contribution in [0.15, 0.2) is 237 Å². The number of nitrogens with zero attached hydrogens (tertiary/aromatic N) is 3. The topological polar surface area (TPSA) is 30.7 Å². The zero-order chi connectivity index (χ0) is 40.5. The molecule has 2 heterocycles. The van der Waals surface area contributed by atoms with Crippen molar-refractivity contribution in [2.24, 2.45) is 0 Å². The van der Waals surface area contributed by atoms with Crippen LogP contribution in [-0.4, -0.2) is 14.5 Å². The fourth-order valence-corrected chi connectivity index (χ4v) is 8.55. The van der Waals surface area contributed by atoms with E-state index < -0.39 is 0 Å². The second-order valence-corrected chi connectivity index (χ2v) is 15.4. The molecule has 0 N–H and O–H groups in total. The highest BCUT2D eigenvalue weighted by Gasteiger charge is 2.21. The molecule has 3 heteroatoms. The monoisotopic (exact) mass is 777 g/mol. The molecule has 0 spiro atoms. The first-order chi connectivity index (χ1) is 30.2. The van der Waals surface area contributed by atoms with Crippen molar-refractivity contribution in [3.8, 4) is 84.0 Å². The summed E-state index contributed by atoms with van der Waals surface area (Å²) in [5.74, 6) is 0.686. The first-order valence-electron chi connectivity index (χ1n) is 20.7. The average Bonchev–Trinajstić information content (AvgIpc) is 3.69. The van der Waals surface area contributed by atoms with Gasteiger partial charge >= 0.3 is 0 Å². The maximum Gasteiger partial charge on any atom is 0.160 e. The predicted molar refractivity (Wildman–Crippen MR) is 254 cm³/mol. The van der Waals surface area contributed by atoms with Crippen LogP contribution in [0.1, 0.15) is 0 Å². The van der Waals surface area contributed by atoms with Gasteiger partial charge in [0, 0.05) is 22.2 Å². The first kappa shape index (κ1) is 36.0. The van der Waals surface area contributed by atoms with Crippen molar-refractivity contribution in [1.82, 2.24) is 14.5 Å². The van der Waals surface area contributed by atoms with Gasteiger partial charge in [-0.3, -0.25) is 0 Å². The lowest BCUT2D eigenvalue weighted by atomic mass is 9.96. The van der Waals surface area contributed by atoms with Gasteiger partial charge in [0.15, 0.2) is 5.82 Å². The SMILES string of the molecule is c1ccc(-c2ccc(-c3cccc(-c4cccc(-c5nc(-c6cccc(-c7ccc(-c8ccccc8)cc7)c6)c6c(n5)c5ccccc5n6-c5ccccc5)c4)c3)cc2)cc1. The summed E-state index contributed by atoms with van der Waals surface area (Å²) < 4.78 is 2.32. The van der Waals surface area contributed by atoms with Gasteiger partial charge < -0.3 is 4.57 Å². The Balaban J connectivity index is 1.03. The third kappa shape index (κ3) is 6.88. The van der Waals surface area contributed by atoms with Crippen molar-refractivity contribution < 1.29 is 0 Å². The maximum atomic E-state index is 5.51. The molecule has 286 valence electrons. The van der Waals surface area contributed by atoms with Gasteiger partial charge in [0.25, 0.3) is 0 Å². The summed E-state index contributed by atoms with van der Waals surface area (Å²) in [6, 6.07) is 84.0. The molecule has 9 aromatic carbocycles. The third-order valence-electron chi connectivity index (χ3n) is 11.6. The van der Waals surface area contributed by atoms with Crippen LogP contribution in [0, 0.1) is 0 Å². The Morgan fingerprint density at radius 1 is 0.279 bits per heavy atom. The summed E-state index contributed by atoms with van der Waals surface area (Å²) >= 11 is 0. The van der Waals surface area contributed by atoms with Gasteiger partial charge in [-0.05, 0) is 92.0 Å². The minimum atomic E-state index is 0.686. The van der Waals surface area contributed by atoms with Crippen molar-refractivity contribution >= 4 is 21.9 Å². The molecule has 0 radical (unpaired) electrons. The number of hydrogen-bond acceptors (Lipinski definition) is 2. The van der Waals surface area contributed by atoms with E-state index in [0.29, 0.717) is 5.82 Å². The number of rotatable bonds is 8.